The van der Waals surface area contributed by atoms with Crippen molar-refractivity contribution >= 4 is 0 Å². The molecular formula is C17H17N. The van der Waals surface area contributed by atoms with Crippen LogP contribution in [0, 0.1) is 5.92 Å². The van der Waals surface area contributed by atoms with E-state index in [4.69, 9.17) is 0 Å². The highest BCUT2D eigenvalue weighted by molar-refractivity contribution is 5.66. The fraction of sp³-hybridized carbons (Fsp3) is 0.353. The van der Waals surface area contributed by atoms with Crippen LogP contribution < -0.4 is 0 Å². The Morgan fingerprint density at radius 2 is 2.11 bits per heavy atom. The number of nitrogens with zero attached hydrogens (tertiary/aromatic N) is 1. The maximum Gasteiger partial charge on any atom is 0.0346 e. The first-order valence-electron chi connectivity index (χ1n) is 6.83. The van der Waals surface area contributed by atoms with Crippen molar-refractivity contribution < 1.29 is 0 Å². The molecule has 18 heavy (non-hydrogen) atoms. The Labute approximate surface area is 108 Å². The van der Waals surface area contributed by atoms with E-state index in [1.807, 2.05) is 18.5 Å². The van der Waals surface area contributed by atoms with Crippen LogP contribution in [0.2, 0.25) is 0 Å². The van der Waals surface area contributed by atoms with Crippen LogP contribution in [-0.2, 0) is 11.8 Å². The van der Waals surface area contributed by atoms with Gasteiger partial charge in [-0.25, -0.2) is 0 Å². The third kappa shape index (κ3) is 1.30. The highest BCUT2D eigenvalue weighted by Gasteiger charge is 2.55. The topological polar surface area (TPSA) is 12.9 Å². The summed E-state index contributed by atoms with van der Waals surface area (Å²) in [6, 6.07) is 11.2. The van der Waals surface area contributed by atoms with E-state index >= 15 is 0 Å². The molecule has 90 valence electrons. The molecule has 2 atom stereocenters. The molecule has 2 unspecified atom stereocenters. The molecule has 1 aromatic carbocycles. The monoisotopic (exact) mass is 235 g/mol. The van der Waals surface area contributed by atoms with Gasteiger partial charge in [0, 0.05) is 12.4 Å². The Morgan fingerprint density at radius 3 is 2.83 bits per heavy atom. The summed E-state index contributed by atoms with van der Waals surface area (Å²) in [4.78, 5) is 4.22. The van der Waals surface area contributed by atoms with E-state index in [0.29, 0.717) is 5.41 Å². The lowest BCUT2D eigenvalue weighted by molar-refractivity contribution is 0.623. The van der Waals surface area contributed by atoms with E-state index in [1.54, 1.807) is 11.1 Å². The lowest BCUT2D eigenvalue weighted by atomic mass is 9.93. The molecule has 0 amide bonds. The van der Waals surface area contributed by atoms with E-state index in [-0.39, 0.29) is 0 Å². The number of fused-ring (bicyclic) bond motifs is 2. The minimum atomic E-state index is 0.535. The molecule has 1 fully saturated rings. The summed E-state index contributed by atoms with van der Waals surface area (Å²) >= 11 is 0. The van der Waals surface area contributed by atoms with Crippen LogP contribution in [0.25, 0.3) is 11.1 Å². The second-order valence-electron chi connectivity index (χ2n) is 5.87. The van der Waals surface area contributed by atoms with Crippen LogP contribution in [0.1, 0.15) is 30.9 Å². The Balaban J connectivity index is 1.83. The summed E-state index contributed by atoms with van der Waals surface area (Å²) in [5, 5.41) is 0. The zero-order valence-corrected chi connectivity index (χ0v) is 10.7. The minimum Gasteiger partial charge on any atom is -0.264 e. The number of hydrogen-bond donors (Lipinski definition) is 0. The highest BCUT2D eigenvalue weighted by atomic mass is 14.6. The van der Waals surface area contributed by atoms with Gasteiger partial charge in [0.1, 0.15) is 0 Å². The second kappa shape index (κ2) is 3.44. The first kappa shape index (κ1) is 10.3. The van der Waals surface area contributed by atoms with E-state index < -0.39 is 0 Å². The fourth-order valence-corrected chi connectivity index (χ4v) is 3.67. The van der Waals surface area contributed by atoms with Crippen LogP contribution in [-0.4, -0.2) is 4.98 Å². The van der Waals surface area contributed by atoms with Crippen molar-refractivity contribution in [2.24, 2.45) is 5.92 Å². The van der Waals surface area contributed by atoms with Gasteiger partial charge in [0.25, 0.3) is 0 Å². The Hall–Kier alpha value is -1.63. The van der Waals surface area contributed by atoms with Crippen LogP contribution >= 0.6 is 0 Å². The molecule has 0 radical (unpaired) electrons. The maximum atomic E-state index is 4.22. The molecule has 1 spiro atoms. The van der Waals surface area contributed by atoms with Gasteiger partial charge in [0.2, 0.25) is 0 Å². The number of hydrogen-bond acceptors (Lipinski definition) is 1. The fourth-order valence-electron chi connectivity index (χ4n) is 3.67. The van der Waals surface area contributed by atoms with Crippen LogP contribution in [0.3, 0.4) is 0 Å². The highest BCUT2D eigenvalue weighted by Crippen LogP contribution is 2.61. The third-order valence-corrected chi connectivity index (χ3v) is 4.94. The molecule has 1 heteroatoms. The summed E-state index contributed by atoms with van der Waals surface area (Å²) in [6.45, 7) is 2.39. The van der Waals surface area contributed by atoms with Crippen LogP contribution in [0.5, 0.6) is 0 Å². The van der Waals surface area contributed by atoms with Gasteiger partial charge in [-0.3, -0.25) is 4.98 Å². The largest absolute Gasteiger partial charge is 0.264 e. The molecule has 0 aliphatic heterocycles. The third-order valence-electron chi connectivity index (χ3n) is 4.94. The molecule has 0 bridgehead atoms. The van der Waals surface area contributed by atoms with E-state index in [2.05, 4.69) is 36.2 Å². The molecule has 2 aliphatic rings. The summed E-state index contributed by atoms with van der Waals surface area (Å²) in [6.07, 6.45) is 7.81. The van der Waals surface area contributed by atoms with Gasteiger partial charge in [-0.05, 0) is 58.9 Å². The van der Waals surface area contributed by atoms with Gasteiger partial charge in [-0.1, -0.05) is 31.2 Å². The molecule has 1 saturated carbocycles. The smallest absolute Gasteiger partial charge is 0.0346 e. The summed E-state index contributed by atoms with van der Waals surface area (Å²) < 4.78 is 0. The predicted octanol–water partition coefficient (Wildman–Crippen LogP) is 3.97. The molecule has 2 aliphatic carbocycles. The van der Waals surface area contributed by atoms with Gasteiger partial charge < -0.3 is 0 Å². The number of rotatable bonds is 1. The molecular weight excluding hydrogens is 218 g/mol. The first-order chi connectivity index (χ1) is 8.79. The molecule has 2 aromatic rings. The van der Waals surface area contributed by atoms with Crippen molar-refractivity contribution in [1.82, 2.24) is 4.98 Å². The quantitative estimate of drug-likeness (QED) is 0.728. The Morgan fingerprint density at radius 1 is 1.22 bits per heavy atom. The number of benzene rings is 1. The van der Waals surface area contributed by atoms with Crippen molar-refractivity contribution in [3.8, 4) is 11.1 Å². The predicted molar refractivity (Wildman–Crippen MR) is 73.5 cm³/mol. The van der Waals surface area contributed by atoms with Gasteiger partial charge in [-0.15, -0.1) is 0 Å². The zero-order valence-electron chi connectivity index (χ0n) is 10.7. The normalized spacial score (nSPS) is 28.4. The first-order valence-corrected chi connectivity index (χ1v) is 6.83. The van der Waals surface area contributed by atoms with Gasteiger partial charge >= 0.3 is 0 Å². The Kier molecular flexibility index (Phi) is 1.97. The second-order valence-corrected chi connectivity index (χ2v) is 5.87. The number of aromatic nitrogens is 1. The Bertz CT molecular complexity index is 602. The van der Waals surface area contributed by atoms with Crippen molar-refractivity contribution in [2.45, 2.75) is 31.6 Å². The van der Waals surface area contributed by atoms with Crippen LogP contribution in [0.15, 0.2) is 42.7 Å². The van der Waals surface area contributed by atoms with E-state index in [9.17, 15) is 0 Å². The van der Waals surface area contributed by atoms with Crippen molar-refractivity contribution in [1.29, 1.82) is 0 Å². The maximum absolute atomic E-state index is 4.22. The molecule has 1 nitrogen and oxygen atoms in total. The lowest BCUT2D eigenvalue weighted by Crippen LogP contribution is -2.03. The standard InChI is InChI=1S/C17H17N/c1-12-10-17(12)7-6-13-4-5-14(9-16(13)17)15-3-2-8-18-11-15/h2-5,8-9,11-12H,6-7,10H2,1H3. The van der Waals surface area contributed by atoms with Crippen molar-refractivity contribution in [3.63, 3.8) is 0 Å². The molecule has 1 heterocycles. The van der Waals surface area contributed by atoms with Gasteiger partial charge in [-0.2, -0.15) is 0 Å². The van der Waals surface area contributed by atoms with Gasteiger partial charge in [0.15, 0.2) is 0 Å². The molecule has 0 N–H and O–H groups in total. The van der Waals surface area contributed by atoms with E-state index in [0.717, 1.165) is 5.92 Å². The minimum absolute atomic E-state index is 0.535. The lowest BCUT2D eigenvalue weighted by Gasteiger charge is -2.11. The summed E-state index contributed by atoms with van der Waals surface area (Å²) in [5.41, 5.74) is 6.29. The summed E-state index contributed by atoms with van der Waals surface area (Å²) in [7, 11) is 0. The molecule has 1 aromatic heterocycles. The summed E-state index contributed by atoms with van der Waals surface area (Å²) in [5.74, 6) is 0.878. The SMILES string of the molecule is CC1CC12CCc1ccc(-c3cccnc3)cc12. The number of aryl methyl sites for hydroxylation is 1. The van der Waals surface area contributed by atoms with E-state index in [1.165, 1.54) is 30.4 Å². The van der Waals surface area contributed by atoms with Crippen molar-refractivity contribution in [2.75, 3.05) is 0 Å². The molecule has 0 saturated heterocycles. The van der Waals surface area contributed by atoms with Crippen LogP contribution in [0.4, 0.5) is 0 Å². The average molecular weight is 235 g/mol. The zero-order chi connectivity index (χ0) is 12.2. The molecule has 4 rings (SSSR count). The average Bonchev–Trinajstić information content (AvgIpc) is 2.93. The van der Waals surface area contributed by atoms with Gasteiger partial charge in [0.05, 0.1) is 0 Å². The van der Waals surface area contributed by atoms with Crippen molar-refractivity contribution in [3.05, 3.63) is 53.9 Å². The number of pyridine rings is 1.